The highest BCUT2D eigenvalue weighted by atomic mass is 16.5. The van der Waals surface area contributed by atoms with Crippen LogP contribution >= 0.6 is 0 Å². The van der Waals surface area contributed by atoms with E-state index < -0.39 is 5.97 Å². The van der Waals surface area contributed by atoms with Crippen LogP contribution in [-0.4, -0.2) is 59.2 Å². The summed E-state index contributed by atoms with van der Waals surface area (Å²) in [6, 6.07) is 23.5. The zero-order valence-electron chi connectivity index (χ0n) is 25.5. The van der Waals surface area contributed by atoms with Gasteiger partial charge in [-0.05, 0) is 91.7 Å². The van der Waals surface area contributed by atoms with Gasteiger partial charge in [-0.1, -0.05) is 55.7 Å². The number of hydrogen-bond acceptors (Lipinski definition) is 4. The van der Waals surface area contributed by atoms with Crippen molar-refractivity contribution >= 4 is 16.9 Å². The quantitative estimate of drug-likeness (QED) is 0.234. The number of carboxylic acid groups (broad SMARTS) is 1. The van der Waals surface area contributed by atoms with Crippen molar-refractivity contribution in [3.05, 3.63) is 89.0 Å². The Balaban J connectivity index is 1.31. The number of aromatic nitrogens is 1. The van der Waals surface area contributed by atoms with Crippen LogP contribution in [0.25, 0.3) is 22.2 Å². The van der Waals surface area contributed by atoms with E-state index in [0.717, 1.165) is 50.4 Å². The summed E-state index contributed by atoms with van der Waals surface area (Å²) < 4.78 is 8.31. The van der Waals surface area contributed by atoms with Gasteiger partial charge in [-0.2, -0.15) is 0 Å². The van der Waals surface area contributed by atoms with Gasteiger partial charge in [-0.15, -0.1) is 0 Å². The number of rotatable bonds is 8. The Morgan fingerprint density at radius 1 is 1.00 bits per heavy atom. The summed E-state index contributed by atoms with van der Waals surface area (Å²) in [6.45, 7) is 4.92. The molecule has 3 aliphatic rings. The molecule has 3 heterocycles. The molecule has 1 N–H and O–H groups in total. The molecule has 1 aliphatic carbocycles. The van der Waals surface area contributed by atoms with Crippen LogP contribution in [0.2, 0.25) is 0 Å². The Labute approximate surface area is 254 Å². The summed E-state index contributed by atoms with van der Waals surface area (Å²) in [5.74, 6) is 0.982. The third-order valence-electron chi connectivity index (χ3n) is 10.3. The van der Waals surface area contributed by atoms with Crippen LogP contribution in [0.4, 0.5) is 0 Å². The van der Waals surface area contributed by atoms with E-state index in [-0.39, 0.29) is 0 Å². The fourth-order valence-electron chi connectivity index (χ4n) is 8.25. The molecule has 1 saturated heterocycles. The van der Waals surface area contributed by atoms with Gasteiger partial charge < -0.3 is 19.3 Å². The van der Waals surface area contributed by atoms with Crippen LogP contribution in [0.1, 0.15) is 77.5 Å². The molecule has 4 aromatic rings. The first-order chi connectivity index (χ1) is 21.0. The lowest BCUT2D eigenvalue weighted by atomic mass is 9.81. The molecule has 0 radical (unpaired) electrons. The first-order valence-corrected chi connectivity index (χ1v) is 16.1. The Bertz CT molecular complexity index is 1620. The number of likely N-dealkylation sites (tertiary alicyclic amines) is 1. The van der Waals surface area contributed by atoms with Gasteiger partial charge in [-0.25, -0.2) is 4.79 Å². The molecule has 3 aromatic carbocycles. The molecule has 6 nitrogen and oxygen atoms in total. The SMILES string of the molecule is COc1ccc2c(c1)C1C(CCN1CCN(C)Cc1ccccc1)Cn1c-2c(C2CCCCC2)c2ccc(C(=O)O)cc21. The van der Waals surface area contributed by atoms with Gasteiger partial charge >= 0.3 is 5.97 Å². The summed E-state index contributed by atoms with van der Waals surface area (Å²) in [5.41, 5.74) is 8.21. The minimum atomic E-state index is -0.861. The molecule has 1 aromatic heterocycles. The number of aromatic carboxylic acids is 1. The number of hydrogen-bond donors (Lipinski definition) is 1. The topological polar surface area (TPSA) is 57.9 Å². The van der Waals surface area contributed by atoms with Gasteiger partial charge in [0.05, 0.1) is 18.4 Å². The van der Waals surface area contributed by atoms with Crippen LogP contribution in [0.15, 0.2) is 66.7 Å². The smallest absolute Gasteiger partial charge is 0.335 e. The molecule has 7 rings (SSSR count). The summed E-state index contributed by atoms with van der Waals surface area (Å²) in [7, 11) is 3.98. The molecular weight excluding hydrogens is 534 g/mol. The average molecular weight is 578 g/mol. The molecule has 224 valence electrons. The van der Waals surface area contributed by atoms with Crippen molar-refractivity contribution in [2.75, 3.05) is 33.8 Å². The predicted octanol–water partition coefficient (Wildman–Crippen LogP) is 7.57. The third-order valence-corrected chi connectivity index (χ3v) is 10.3. The van der Waals surface area contributed by atoms with E-state index in [0.29, 0.717) is 23.4 Å². The number of fused-ring (bicyclic) bond motifs is 7. The molecule has 2 atom stereocenters. The average Bonchev–Trinajstić information content (AvgIpc) is 3.54. The predicted molar refractivity (Wildman–Crippen MR) is 172 cm³/mol. The van der Waals surface area contributed by atoms with Gasteiger partial charge in [0.1, 0.15) is 5.75 Å². The number of nitrogens with zero attached hydrogens (tertiary/aromatic N) is 3. The highest BCUT2D eigenvalue weighted by Crippen LogP contribution is 2.52. The number of carbonyl (C=O) groups is 1. The van der Waals surface area contributed by atoms with Crippen LogP contribution in [0, 0.1) is 5.92 Å². The molecule has 43 heavy (non-hydrogen) atoms. The van der Waals surface area contributed by atoms with Crippen molar-refractivity contribution in [3.63, 3.8) is 0 Å². The molecular formula is C37H43N3O3. The summed E-state index contributed by atoms with van der Waals surface area (Å²) >= 11 is 0. The van der Waals surface area contributed by atoms with Crippen molar-refractivity contribution in [2.24, 2.45) is 5.92 Å². The maximum Gasteiger partial charge on any atom is 0.335 e. The number of benzene rings is 3. The number of likely N-dealkylation sites (N-methyl/N-ethyl adjacent to an activating group) is 1. The zero-order valence-corrected chi connectivity index (χ0v) is 25.5. The molecule has 6 heteroatoms. The standard InChI is InChI=1S/C37H43N3O3/c1-38(23-25-9-5-3-6-10-25)19-20-39-18-17-28-24-40-33-21-27(37(41)42)13-15-31(33)34(26-11-7-4-8-12-26)36(40)30-16-14-29(43-2)22-32(30)35(28)39/h3,5-6,9-10,13-16,21-22,26,28,35H,4,7-8,11-12,17-20,23-24H2,1-2H3,(H,41,42). The summed E-state index contributed by atoms with van der Waals surface area (Å²) in [5, 5.41) is 11.2. The minimum absolute atomic E-state index is 0.298. The third kappa shape index (κ3) is 5.25. The van der Waals surface area contributed by atoms with Crippen molar-refractivity contribution in [1.82, 2.24) is 14.4 Å². The molecule has 0 amide bonds. The normalized spacial score (nSPS) is 20.5. The molecule has 1 saturated carbocycles. The van der Waals surface area contributed by atoms with Gasteiger partial charge in [0.15, 0.2) is 0 Å². The Morgan fingerprint density at radius 2 is 1.81 bits per heavy atom. The first-order valence-electron chi connectivity index (χ1n) is 16.1. The lowest BCUT2D eigenvalue weighted by Crippen LogP contribution is -2.34. The van der Waals surface area contributed by atoms with Crippen LogP contribution in [0.3, 0.4) is 0 Å². The van der Waals surface area contributed by atoms with Crippen molar-refractivity contribution in [3.8, 4) is 17.0 Å². The van der Waals surface area contributed by atoms with Crippen molar-refractivity contribution in [2.45, 2.75) is 63.6 Å². The fourth-order valence-corrected chi connectivity index (χ4v) is 8.25. The Hall–Kier alpha value is -3.61. The highest BCUT2D eigenvalue weighted by molar-refractivity contribution is 5.98. The number of methoxy groups -OCH3 is 1. The largest absolute Gasteiger partial charge is 0.497 e. The second kappa shape index (κ2) is 11.8. The van der Waals surface area contributed by atoms with E-state index in [9.17, 15) is 9.90 Å². The van der Waals surface area contributed by atoms with Gasteiger partial charge in [0, 0.05) is 48.7 Å². The highest BCUT2D eigenvalue weighted by Gasteiger charge is 2.41. The minimum Gasteiger partial charge on any atom is -0.497 e. The van der Waals surface area contributed by atoms with Crippen molar-refractivity contribution in [1.29, 1.82) is 0 Å². The molecule has 0 spiro atoms. The van der Waals surface area contributed by atoms with Crippen LogP contribution < -0.4 is 4.74 Å². The lowest BCUT2D eigenvalue weighted by molar-refractivity contribution is 0.0697. The lowest BCUT2D eigenvalue weighted by Gasteiger charge is -2.30. The van der Waals surface area contributed by atoms with Gasteiger partial charge in [-0.3, -0.25) is 4.90 Å². The summed E-state index contributed by atoms with van der Waals surface area (Å²) in [6.07, 6.45) is 7.35. The second-order valence-electron chi connectivity index (χ2n) is 13.0. The maximum absolute atomic E-state index is 12.1. The monoisotopic (exact) mass is 577 g/mol. The molecule has 2 fully saturated rings. The Kier molecular flexibility index (Phi) is 7.74. The summed E-state index contributed by atoms with van der Waals surface area (Å²) in [4.78, 5) is 17.2. The first kappa shape index (κ1) is 28.2. The fraction of sp³-hybridized carbons (Fsp3) is 0.432. The second-order valence-corrected chi connectivity index (χ2v) is 13.0. The maximum atomic E-state index is 12.1. The Morgan fingerprint density at radius 3 is 2.58 bits per heavy atom. The number of ether oxygens (including phenoxy) is 1. The van der Waals surface area contributed by atoms with Gasteiger partial charge in [0.2, 0.25) is 0 Å². The van der Waals surface area contributed by atoms with Crippen LogP contribution in [0.5, 0.6) is 5.75 Å². The van der Waals surface area contributed by atoms with E-state index in [2.05, 4.69) is 76.0 Å². The van der Waals surface area contributed by atoms with E-state index >= 15 is 0 Å². The molecule has 2 aliphatic heterocycles. The van der Waals surface area contributed by atoms with E-state index in [4.69, 9.17) is 4.74 Å². The van der Waals surface area contributed by atoms with E-state index in [1.54, 1.807) is 13.2 Å². The zero-order chi connectivity index (χ0) is 29.5. The van der Waals surface area contributed by atoms with E-state index in [1.165, 1.54) is 65.4 Å². The van der Waals surface area contributed by atoms with Crippen molar-refractivity contribution < 1.29 is 14.6 Å². The van der Waals surface area contributed by atoms with E-state index in [1.807, 2.05) is 6.07 Å². The van der Waals surface area contributed by atoms with Gasteiger partial charge in [0.25, 0.3) is 0 Å². The molecule has 0 bridgehead atoms. The number of carboxylic acids is 1. The molecule has 2 unspecified atom stereocenters. The van der Waals surface area contributed by atoms with Crippen LogP contribution in [-0.2, 0) is 13.1 Å².